The lowest BCUT2D eigenvalue weighted by Gasteiger charge is -2.37. The van der Waals surface area contributed by atoms with Gasteiger partial charge in [-0.05, 0) is 67.0 Å². The summed E-state index contributed by atoms with van der Waals surface area (Å²) in [4.78, 5) is 77.6. The number of sulfonamides is 1. The van der Waals surface area contributed by atoms with Gasteiger partial charge < -0.3 is 49.2 Å². The van der Waals surface area contributed by atoms with E-state index in [2.05, 4.69) is 30.3 Å². The van der Waals surface area contributed by atoms with Gasteiger partial charge in [0.1, 0.15) is 35.7 Å². The topological polar surface area (TPSA) is 253 Å². The monoisotopic (exact) mass is 1190 g/mol. The number of pyridine rings is 1. The summed E-state index contributed by atoms with van der Waals surface area (Å²) < 4.78 is 77.3. The number of likely N-dealkylation sites (tertiary alicyclic amines) is 2. The van der Waals surface area contributed by atoms with Crippen LogP contribution in [0.15, 0.2) is 79.0 Å². The van der Waals surface area contributed by atoms with E-state index >= 15 is 8.78 Å². The van der Waals surface area contributed by atoms with Crippen LogP contribution in [0.25, 0.3) is 38.3 Å². The maximum absolute atomic E-state index is 16.1. The largest absolute Gasteiger partial charge is 0.391 e. The van der Waals surface area contributed by atoms with Gasteiger partial charge in [0.05, 0.1) is 90.7 Å². The number of nitrogens with zero attached hydrogens (tertiary/aromatic N) is 8. The number of rotatable bonds is 26. The molecule has 4 aromatic heterocycles. The molecule has 4 N–H and O–H groups in total. The van der Waals surface area contributed by atoms with Gasteiger partial charge in [-0.3, -0.25) is 23.9 Å². The molecule has 2 saturated heterocycles. The minimum Gasteiger partial charge on any atom is -0.391 e. The highest BCUT2D eigenvalue weighted by Gasteiger charge is 2.44. The fraction of sp³-hybridized carbons (Fsp3) is 0.483. The molecule has 2 fully saturated rings. The van der Waals surface area contributed by atoms with Gasteiger partial charge in [0.15, 0.2) is 5.82 Å². The van der Waals surface area contributed by atoms with Crippen LogP contribution < -0.4 is 20.3 Å². The number of hydrogen-bond acceptors (Lipinski definition) is 16. The Morgan fingerprint density at radius 3 is 2.23 bits per heavy atom. The average molecular weight is 1190 g/mol. The van der Waals surface area contributed by atoms with Gasteiger partial charge in [0, 0.05) is 81.8 Å². The fourth-order valence-electron chi connectivity index (χ4n) is 10.2. The Hall–Kier alpha value is -7.03. The maximum atomic E-state index is 16.1. The summed E-state index contributed by atoms with van der Waals surface area (Å²) in [5.41, 5.74) is 4.95. The van der Waals surface area contributed by atoms with Crippen LogP contribution in [0.4, 0.5) is 20.3 Å². The summed E-state index contributed by atoms with van der Waals surface area (Å²) in [6.45, 7) is 11.7. The van der Waals surface area contributed by atoms with Crippen molar-refractivity contribution in [2.45, 2.75) is 104 Å². The first-order valence-electron chi connectivity index (χ1n) is 27.8. The standard InChI is InChI=1S/C58H73F2N11O10S2/c1-7-28-83(77,78)67-45-13-12-44(59)53(51(45)60)70-34-43(40-31-61-35-62-32-40)52-46(70)14-15-48(65-52)68(6)41-16-20-69(21-17-41)50(74)19-23-80-25-27-81-26-24-79-22-18-49(73)66-55(58(3,4)5)57(76)71-33-42(72)29-47(71)56(75)63-30-38-8-10-39(11-9-38)54-37(2)64-36-82-54/h8-15,31-32,34-36,41-42,47,55,67,72H,7,16-30,33H2,1-6H3,(H,63,75)(H,66,73). The van der Waals surface area contributed by atoms with E-state index in [1.165, 1.54) is 22.0 Å². The van der Waals surface area contributed by atoms with Crippen molar-refractivity contribution in [1.82, 2.24) is 44.9 Å². The number of amides is 4. The van der Waals surface area contributed by atoms with Crippen LogP contribution in [0.2, 0.25) is 0 Å². The predicted octanol–water partition coefficient (Wildman–Crippen LogP) is 6.41. The lowest BCUT2D eigenvalue weighted by molar-refractivity contribution is -0.144. The summed E-state index contributed by atoms with van der Waals surface area (Å²) in [6.07, 6.45) is 7.04. The van der Waals surface area contributed by atoms with Crippen LogP contribution in [0.1, 0.15) is 77.5 Å². The Morgan fingerprint density at radius 1 is 0.904 bits per heavy atom. The van der Waals surface area contributed by atoms with Crippen LogP contribution in [-0.2, 0) is 50.0 Å². The molecule has 3 unspecified atom stereocenters. The molecule has 83 heavy (non-hydrogen) atoms. The molecule has 3 atom stereocenters. The number of ether oxygens (including phenoxy) is 3. The molecular formula is C58H73F2N11O10S2. The molecule has 0 spiro atoms. The molecule has 0 radical (unpaired) electrons. The molecule has 2 aliphatic rings. The quantitative estimate of drug-likeness (QED) is 0.0428. The summed E-state index contributed by atoms with van der Waals surface area (Å²) >= 11 is 1.56. The zero-order valence-corrected chi connectivity index (χ0v) is 49.2. The van der Waals surface area contributed by atoms with E-state index in [4.69, 9.17) is 19.2 Å². The second-order valence-electron chi connectivity index (χ2n) is 21.8. The van der Waals surface area contributed by atoms with Gasteiger partial charge in [-0.1, -0.05) is 52.0 Å². The number of aryl methyl sites for hydroxylation is 1. The number of fused-ring (bicyclic) bond motifs is 1. The molecular weight excluding hydrogens is 1110 g/mol. The number of carbonyl (C=O) groups excluding carboxylic acids is 4. The van der Waals surface area contributed by atoms with Crippen LogP contribution in [0, 0.1) is 24.0 Å². The summed E-state index contributed by atoms with van der Waals surface area (Å²) in [7, 11) is -1.96. The van der Waals surface area contributed by atoms with E-state index in [9.17, 15) is 32.7 Å². The van der Waals surface area contributed by atoms with Gasteiger partial charge in [0.25, 0.3) is 0 Å². The SMILES string of the molecule is CCCS(=O)(=O)Nc1ccc(F)c(-n2cc(-c3cncnc3)c3nc(N(C)C4CCN(C(=O)CCOCCOCCOCCC(=O)NC(C(=O)N5CC(O)CC5C(=O)NCc5ccc(-c6scnc6C)cc5)C(C)(C)C)CC4)ccc32)c1F. The summed E-state index contributed by atoms with van der Waals surface area (Å²) in [5, 5.41) is 16.4. The zero-order valence-electron chi connectivity index (χ0n) is 47.6. The first kappa shape index (κ1) is 62.0. The molecule has 6 aromatic rings. The Morgan fingerprint density at radius 2 is 1.58 bits per heavy atom. The summed E-state index contributed by atoms with van der Waals surface area (Å²) in [5.74, 6) is -2.89. The van der Waals surface area contributed by atoms with Crippen molar-refractivity contribution in [2.24, 2.45) is 5.41 Å². The average Bonchev–Trinajstić information content (AvgIpc) is 4.42. The molecule has 2 aromatic carbocycles. The predicted molar refractivity (Wildman–Crippen MR) is 311 cm³/mol. The van der Waals surface area contributed by atoms with Crippen molar-refractivity contribution >= 4 is 67.5 Å². The fourth-order valence-corrected chi connectivity index (χ4v) is 12.1. The number of anilines is 2. The molecule has 0 aliphatic carbocycles. The second kappa shape index (κ2) is 28.0. The van der Waals surface area contributed by atoms with Crippen molar-refractivity contribution in [2.75, 3.05) is 81.7 Å². The highest BCUT2D eigenvalue weighted by Crippen LogP contribution is 2.37. The molecule has 25 heteroatoms. The van der Waals surface area contributed by atoms with Crippen molar-refractivity contribution in [3.05, 3.63) is 102 Å². The van der Waals surface area contributed by atoms with Crippen LogP contribution in [-0.4, -0.2) is 168 Å². The van der Waals surface area contributed by atoms with E-state index in [1.54, 1.807) is 48.3 Å². The van der Waals surface area contributed by atoms with Gasteiger partial charge >= 0.3 is 0 Å². The summed E-state index contributed by atoms with van der Waals surface area (Å²) in [6, 6.07) is 11.5. The van der Waals surface area contributed by atoms with E-state index in [1.807, 2.05) is 68.8 Å². The van der Waals surface area contributed by atoms with Gasteiger partial charge in [-0.15, -0.1) is 11.3 Å². The van der Waals surface area contributed by atoms with Crippen molar-refractivity contribution in [3.8, 4) is 27.3 Å². The number of aliphatic hydroxyl groups excluding tert-OH is 1. The number of carbonyl (C=O) groups is 4. The highest BCUT2D eigenvalue weighted by atomic mass is 32.2. The van der Waals surface area contributed by atoms with Gasteiger partial charge in [-0.25, -0.2) is 37.1 Å². The van der Waals surface area contributed by atoms with Crippen molar-refractivity contribution in [1.29, 1.82) is 0 Å². The highest BCUT2D eigenvalue weighted by molar-refractivity contribution is 7.92. The Labute approximate surface area is 486 Å². The number of aromatic nitrogens is 5. The third kappa shape index (κ3) is 15.8. The Bertz CT molecular complexity index is 3320. The van der Waals surface area contributed by atoms with E-state index in [-0.39, 0.29) is 101 Å². The lowest BCUT2D eigenvalue weighted by Crippen LogP contribution is -2.57. The minimum atomic E-state index is -3.88. The number of β-amino-alcohol motifs (C(OH)–C–C–N with tert-alkyl or cyclic N) is 1. The molecule has 6 heterocycles. The first-order valence-corrected chi connectivity index (χ1v) is 30.3. The number of benzene rings is 2. The molecule has 4 amide bonds. The third-order valence-electron chi connectivity index (χ3n) is 14.7. The van der Waals surface area contributed by atoms with Crippen LogP contribution in [0.5, 0.6) is 0 Å². The first-order chi connectivity index (χ1) is 39.7. The van der Waals surface area contributed by atoms with Gasteiger partial charge in [-0.2, -0.15) is 0 Å². The molecule has 446 valence electrons. The number of hydrogen-bond donors (Lipinski definition) is 4. The number of nitrogens with one attached hydrogen (secondary N) is 3. The van der Waals surface area contributed by atoms with Crippen LogP contribution in [0.3, 0.4) is 0 Å². The molecule has 21 nitrogen and oxygen atoms in total. The maximum Gasteiger partial charge on any atom is 0.246 e. The van der Waals surface area contributed by atoms with Crippen molar-refractivity contribution < 1.29 is 55.7 Å². The number of piperidine rings is 1. The normalized spacial score (nSPS) is 16.3. The Balaban J connectivity index is 0.721. The molecule has 8 rings (SSSR count). The zero-order chi connectivity index (χ0) is 59.4. The van der Waals surface area contributed by atoms with Crippen molar-refractivity contribution in [3.63, 3.8) is 0 Å². The second-order valence-corrected chi connectivity index (χ2v) is 24.5. The molecule has 0 bridgehead atoms. The Kier molecular flexibility index (Phi) is 20.9. The smallest absolute Gasteiger partial charge is 0.246 e. The molecule has 2 aliphatic heterocycles. The number of aliphatic hydroxyl groups is 1. The number of halogens is 2. The van der Waals surface area contributed by atoms with Gasteiger partial charge in [0.2, 0.25) is 33.7 Å². The minimum absolute atomic E-state index is 0.0166. The van der Waals surface area contributed by atoms with Crippen LogP contribution >= 0.6 is 11.3 Å². The molecule has 0 saturated carbocycles. The number of thiazole rings is 1. The van der Waals surface area contributed by atoms with E-state index < -0.39 is 62.8 Å². The third-order valence-corrected chi connectivity index (χ3v) is 17.1. The lowest BCUT2D eigenvalue weighted by atomic mass is 9.85. The van der Waals surface area contributed by atoms with E-state index in [0.29, 0.717) is 60.3 Å². The van der Waals surface area contributed by atoms with E-state index in [0.717, 1.165) is 33.8 Å².